The number of nitrogens with zero attached hydrogens (tertiary/aromatic N) is 1. The van der Waals surface area contributed by atoms with Crippen LogP contribution < -0.4 is 0 Å². The summed E-state index contributed by atoms with van der Waals surface area (Å²) < 4.78 is 1.71. The summed E-state index contributed by atoms with van der Waals surface area (Å²) in [6.45, 7) is 1.92. The molecule has 0 radical (unpaired) electrons. The summed E-state index contributed by atoms with van der Waals surface area (Å²) in [5.74, 6) is -0.889. The van der Waals surface area contributed by atoms with Gasteiger partial charge in [-0.2, -0.15) is 0 Å². The number of phenols is 1. The van der Waals surface area contributed by atoms with Crippen LogP contribution in [0.1, 0.15) is 15.9 Å². The lowest BCUT2D eigenvalue weighted by Gasteiger charge is -2.13. The van der Waals surface area contributed by atoms with Crippen LogP contribution in [-0.4, -0.2) is 20.7 Å². The molecule has 0 aliphatic carbocycles. The molecule has 4 heteroatoms. The van der Waals surface area contributed by atoms with Crippen molar-refractivity contribution in [3.63, 3.8) is 0 Å². The Hall–Kier alpha value is -3.01. The molecule has 110 valence electrons. The standard InChI is InChI=1S/C18H15NO3/c1-12-7-8-16(20)15(11-12)19-10-9-14(18(21)22)17(19)13-5-3-2-4-6-13/h2-11,20H,1H3,(H,21,22). The molecule has 3 rings (SSSR count). The predicted octanol–water partition coefficient (Wildman–Crippen LogP) is 3.86. The molecule has 1 heterocycles. The van der Waals surface area contributed by atoms with Crippen LogP contribution in [0, 0.1) is 6.92 Å². The average Bonchev–Trinajstić information content (AvgIpc) is 2.95. The zero-order valence-electron chi connectivity index (χ0n) is 12.0. The van der Waals surface area contributed by atoms with Crippen molar-refractivity contribution in [3.8, 4) is 22.7 Å². The second-order valence-electron chi connectivity index (χ2n) is 5.11. The van der Waals surface area contributed by atoms with Crippen molar-refractivity contribution in [2.45, 2.75) is 6.92 Å². The molecule has 0 aliphatic heterocycles. The first-order valence-electron chi connectivity index (χ1n) is 6.88. The van der Waals surface area contributed by atoms with Gasteiger partial charge in [-0.15, -0.1) is 0 Å². The van der Waals surface area contributed by atoms with E-state index in [2.05, 4.69) is 0 Å². The van der Waals surface area contributed by atoms with E-state index in [4.69, 9.17) is 0 Å². The first-order valence-corrected chi connectivity index (χ1v) is 6.88. The second-order valence-corrected chi connectivity index (χ2v) is 5.11. The molecule has 3 aromatic rings. The van der Waals surface area contributed by atoms with Crippen LogP contribution in [0.15, 0.2) is 60.8 Å². The van der Waals surface area contributed by atoms with Crippen LogP contribution in [0.2, 0.25) is 0 Å². The van der Waals surface area contributed by atoms with Crippen molar-refractivity contribution in [3.05, 3.63) is 71.9 Å². The van der Waals surface area contributed by atoms with E-state index in [1.807, 2.05) is 49.4 Å². The Kier molecular flexibility index (Phi) is 3.43. The number of carboxylic acids is 1. The van der Waals surface area contributed by atoms with Gasteiger partial charge in [0.2, 0.25) is 0 Å². The van der Waals surface area contributed by atoms with E-state index in [1.165, 1.54) is 0 Å². The Labute approximate surface area is 127 Å². The monoisotopic (exact) mass is 293 g/mol. The summed E-state index contributed by atoms with van der Waals surface area (Å²) in [4.78, 5) is 11.5. The van der Waals surface area contributed by atoms with Gasteiger partial charge in [0.25, 0.3) is 0 Å². The molecular weight excluding hydrogens is 278 g/mol. The van der Waals surface area contributed by atoms with E-state index < -0.39 is 5.97 Å². The number of benzene rings is 2. The highest BCUT2D eigenvalue weighted by molar-refractivity contribution is 5.96. The Balaban J connectivity index is 2.30. The number of aryl methyl sites for hydroxylation is 1. The zero-order chi connectivity index (χ0) is 15.7. The third-order valence-electron chi connectivity index (χ3n) is 3.55. The highest BCUT2D eigenvalue weighted by Crippen LogP contribution is 2.32. The smallest absolute Gasteiger partial charge is 0.337 e. The molecule has 0 aliphatic rings. The summed E-state index contributed by atoms with van der Waals surface area (Å²) in [6.07, 6.45) is 1.67. The molecule has 0 saturated heterocycles. The van der Waals surface area contributed by atoms with Gasteiger partial charge >= 0.3 is 5.97 Å². The maximum Gasteiger partial charge on any atom is 0.337 e. The van der Waals surface area contributed by atoms with Gasteiger partial charge in [-0.3, -0.25) is 0 Å². The first-order chi connectivity index (χ1) is 10.6. The van der Waals surface area contributed by atoms with Crippen molar-refractivity contribution in [2.75, 3.05) is 0 Å². The summed E-state index contributed by atoms with van der Waals surface area (Å²) >= 11 is 0. The van der Waals surface area contributed by atoms with Gasteiger partial charge in [0.05, 0.1) is 16.9 Å². The number of rotatable bonds is 3. The molecule has 0 atom stereocenters. The highest BCUT2D eigenvalue weighted by Gasteiger charge is 2.19. The van der Waals surface area contributed by atoms with Crippen LogP contribution in [0.25, 0.3) is 16.9 Å². The second kappa shape index (κ2) is 5.41. The van der Waals surface area contributed by atoms with E-state index >= 15 is 0 Å². The number of carboxylic acid groups (broad SMARTS) is 1. The molecule has 0 fully saturated rings. The van der Waals surface area contributed by atoms with Crippen molar-refractivity contribution in [2.24, 2.45) is 0 Å². The van der Waals surface area contributed by atoms with Gasteiger partial charge < -0.3 is 14.8 Å². The SMILES string of the molecule is Cc1ccc(O)c(-n2ccc(C(=O)O)c2-c2ccccc2)c1. The molecule has 0 bridgehead atoms. The molecule has 2 aromatic carbocycles. The topological polar surface area (TPSA) is 62.5 Å². The minimum atomic E-state index is -0.996. The Morgan fingerprint density at radius 3 is 2.45 bits per heavy atom. The fourth-order valence-corrected chi connectivity index (χ4v) is 2.52. The minimum absolute atomic E-state index is 0.107. The zero-order valence-corrected chi connectivity index (χ0v) is 12.0. The first kappa shape index (κ1) is 13.9. The molecule has 0 spiro atoms. The summed E-state index contributed by atoms with van der Waals surface area (Å²) in [5, 5.41) is 19.6. The molecular formula is C18H15NO3. The van der Waals surface area contributed by atoms with Crippen LogP contribution in [0.3, 0.4) is 0 Å². The summed E-state index contributed by atoms with van der Waals surface area (Å²) in [7, 11) is 0. The molecule has 2 N–H and O–H groups in total. The van der Waals surface area contributed by atoms with Crippen molar-refractivity contribution < 1.29 is 15.0 Å². The van der Waals surface area contributed by atoms with Gasteiger partial charge in [0.1, 0.15) is 5.75 Å². The molecule has 0 unspecified atom stereocenters. The molecule has 0 amide bonds. The Morgan fingerprint density at radius 1 is 1.05 bits per heavy atom. The molecule has 22 heavy (non-hydrogen) atoms. The van der Waals surface area contributed by atoms with Crippen LogP contribution >= 0.6 is 0 Å². The quantitative estimate of drug-likeness (QED) is 0.771. The average molecular weight is 293 g/mol. The van der Waals surface area contributed by atoms with Crippen LogP contribution in [0.4, 0.5) is 0 Å². The van der Waals surface area contributed by atoms with Gasteiger partial charge in [0, 0.05) is 6.20 Å². The number of aromatic carboxylic acids is 1. The van der Waals surface area contributed by atoms with Crippen molar-refractivity contribution in [1.29, 1.82) is 0 Å². The van der Waals surface area contributed by atoms with Crippen molar-refractivity contribution in [1.82, 2.24) is 4.57 Å². The number of aromatic nitrogens is 1. The number of hydrogen-bond acceptors (Lipinski definition) is 2. The van der Waals surface area contributed by atoms with E-state index in [-0.39, 0.29) is 11.3 Å². The van der Waals surface area contributed by atoms with Gasteiger partial charge in [0.15, 0.2) is 0 Å². The fraction of sp³-hybridized carbons (Fsp3) is 0.0556. The van der Waals surface area contributed by atoms with E-state index in [0.717, 1.165) is 11.1 Å². The molecule has 4 nitrogen and oxygen atoms in total. The normalized spacial score (nSPS) is 10.6. The van der Waals surface area contributed by atoms with E-state index in [0.29, 0.717) is 11.4 Å². The summed E-state index contributed by atoms with van der Waals surface area (Å²) in [6, 6.07) is 16.1. The predicted molar refractivity (Wildman–Crippen MR) is 84.6 cm³/mol. The van der Waals surface area contributed by atoms with Crippen LogP contribution in [0.5, 0.6) is 5.75 Å². The van der Waals surface area contributed by atoms with Gasteiger partial charge in [-0.05, 0) is 36.2 Å². The lowest BCUT2D eigenvalue weighted by molar-refractivity contribution is 0.0698. The number of phenolic OH excluding ortho intramolecular Hbond substituents is 1. The van der Waals surface area contributed by atoms with Gasteiger partial charge in [-0.25, -0.2) is 4.79 Å². The fourth-order valence-electron chi connectivity index (χ4n) is 2.52. The maximum absolute atomic E-state index is 11.5. The molecule has 0 saturated carbocycles. The lowest BCUT2D eigenvalue weighted by Crippen LogP contribution is -2.02. The maximum atomic E-state index is 11.5. The Morgan fingerprint density at radius 2 is 1.77 bits per heavy atom. The van der Waals surface area contributed by atoms with E-state index in [9.17, 15) is 15.0 Å². The lowest BCUT2D eigenvalue weighted by atomic mass is 10.1. The van der Waals surface area contributed by atoms with Gasteiger partial charge in [-0.1, -0.05) is 36.4 Å². The number of hydrogen-bond donors (Lipinski definition) is 2. The largest absolute Gasteiger partial charge is 0.506 e. The number of aromatic hydroxyl groups is 1. The number of carbonyl (C=O) groups is 1. The third kappa shape index (κ3) is 2.35. The van der Waals surface area contributed by atoms with E-state index in [1.54, 1.807) is 22.9 Å². The third-order valence-corrected chi connectivity index (χ3v) is 3.55. The van der Waals surface area contributed by atoms with Crippen LogP contribution in [-0.2, 0) is 0 Å². The highest BCUT2D eigenvalue weighted by atomic mass is 16.4. The summed E-state index contributed by atoms with van der Waals surface area (Å²) in [5.41, 5.74) is 3.08. The van der Waals surface area contributed by atoms with Crippen molar-refractivity contribution >= 4 is 5.97 Å². The Bertz CT molecular complexity index is 835. The molecule has 1 aromatic heterocycles. The minimum Gasteiger partial charge on any atom is -0.506 e.